The van der Waals surface area contributed by atoms with Gasteiger partial charge in [0, 0.05) is 56.8 Å². The van der Waals surface area contributed by atoms with Crippen molar-refractivity contribution in [2.45, 2.75) is 45.7 Å². The normalized spacial score (nSPS) is 19.1. The van der Waals surface area contributed by atoms with Crippen molar-refractivity contribution in [3.05, 3.63) is 36.0 Å². The first kappa shape index (κ1) is 23.3. The first-order chi connectivity index (χ1) is 14.9. The SMILES string of the molecule is COCCCCn1c(C(=O)N(CC(C)C)[C@@H]2CNCC(C(=O)O)C2)cc2ccccc21. The fourth-order valence-electron chi connectivity index (χ4n) is 4.43. The number of carbonyl (C=O) groups is 2. The molecule has 1 aromatic carbocycles. The molecule has 2 N–H and O–H groups in total. The van der Waals surface area contributed by atoms with E-state index in [1.807, 2.05) is 29.2 Å². The van der Waals surface area contributed by atoms with Gasteiger partial charge in [0.1, 0.15) is 5.69 Å². The van der Waals surface area contributed by atoms with Gasteiger partial charge in [-0.3, -0.25) is 9.59 Å². The summed E-state index contributed by atoms with van der Waals surface area (Å²) in [4.78, 5) is 27.3. The van der Waals surface area contributed by atoms with E-state index in [0.29, 0.717) is 38.4 Å². The minimum Gasteiger partial charge on any atom is -0.481 e. The van der Waals surface area contributed by atoms with Gasteiger partial charge in [-0.1, -0.05) is 32.0 Å². The summed E-state index contributed by atoms with van der Waals surface area (Å²) in [6, 6.07) is 9.92. The van der Waals surface area contributed by atoms with Crippen LogP contribution in [-0.4, -0.2) is 65.8 Å². The van der Waals surface area contributed by atoms with Gasteiger partial charge in [0.05, 0.1) is 5.92 Å². The van der Waals surface area contributed by atoms with E-state index in [0.717, 1.165) is 30.3 Å². The number of hydrogen-bond acceptors (Lipinski definition) is 4. The number of carboxylic acid groups (broad SMARTS) is 1. The Labute approximate surface area is 184 Å². The van der Waals surface area contributed by atoms with Crippen LogP contribution in [0.25, 0.3) is 10.9 Å². The number of carboxylic acids is 1. The number of nitrogens with zero attached hydrogens (tertiary/aromatic N) is 2. The Kier molecular flexibility index (Phi) is 8.09. The number of aliphatic carboxylic acids is 1. The van der Waals surface area contributed by atoms with Crippen LogP contribution in [0.1, 0.15) is 43.6 Å². The van der Waals surface area contributed by atoms with Gasteiger partial charge in [-0.05, 0) is 37.3 Å². The molecule has 1 aliphatic rings. The second kappa shape index (κ2) is 10.8. The van der Waals surface area contributed by atoms with Crippen LogP contribution in [0, 0.1) is 11.8 Å². The minimum atomic E-state index is -0.804. The van der Waals surface area contributed by atoms with E-state index >= 15 is 0 Å². The summed E-state index contributed by atoms with van der Waals surface area (Å²) < 4.78 is 7.29. The van der Waals surface area contributed by atoms with Gasteiger partial charge in [0.15, 0.2) is 0 Å². The van der Waals surface area contributed by atoms with Crippen molar-refractivity contribution < 1.29 is 19.4 Å². The molecule has 7 heteroatoms. The number of aryl methyl sites for hydroxylation is 1. The van der Waals surface area contributed by atoms with E-state index in [1.54, 1.807) is 7.11 Å². The first-order valence-corrected chi connectivity index (χ1v) is 11.2. The summed E-state index contributed by atoms with van der Waals surface area (Å²) in [5.41, 5.74) is 1.73. The number of nitrogens with one attached hydrogen (secondary N) is 1. The molecule has 1 saturated heterocycles. The number of hydrogen-bond donors (Lipinski definition) is 2. The van der Waals surface area contributed by atoms with Gasteiger partial charge >= 0.3 is 5.97 Å². The molecule has 0 radical (unpaired) electrons. The van der Waals surface area contributed by atoms with Crippen molar-refractivity contribution in [3.63, 3.8) is 0 Å². The smallest absolute Gasteiger partial charge is 0.307 e. The van der Waals surface area contributed by atoms with Crippen molar-refractivity contribution in [3.8, 4) is 0 Å². The van der Waals surface area contributed by atoms with Crippen LogP contribution >= 0.6 is 0 Å². The van der Waals surface area contributed by atoms with Crippen LogP contribution in [0.3, 0.4) is 0 Å². The Morgan fingerprint density at radius 1 is 1.26 bits per heavy atom. The van der Waals surface area contributed by atoms with Crippen molar-refractivity contribution in [2.24, 2.45) is 11.8 Å². The van der Waals surface area contributed by atoms with Crippen molar-refractivity contribution in [1.29, 1.82) is 0 Å². The molecule has 1 aromatic heterocycles. The highest BCUT2D eigenvalue weighted by atomic mass is 16.5. The maximum absolute atomic E-state index is 13.8. The number of rotatable bonds is 10. The second-order valence-corrected chi connectivity index (χ2v) is 8.87. The molecule has 0 saturated carbocycles. The molecule has 1 fully saturated rings. The van der Waals surface area contributed by atoms with Crippen molar-refractivity contribution >= 4 is 22.8 Å². The number of methoxy groups -OCH3 is 1. The lowest BCUT2D eigenvalue weighted by atomic mass is 9.94. The van der Waals surface area contributed by atoms with E-state index < -0.39 is 11.9 Å². The number of ether oxygens (including phenoxy) is 1. The second-order valence-electron chi connectivity index (χ2n) is 8.87. The highest BCUT2D eigenvalue weighted by Gasteiger charge is 2.34. The third kappa shape index (κ3) is 5.66. The maximum Gasteiger partial charge on any atom is 0.307 e. The van der Waals surface area contributed by atoms with Gasteiger partial charge in [-0.2, -0.15) is 0 Å². The Hall–Kier alpha value is -2.38. The van der Waals surface area contributed by atoms with Crippen LogP contribution in [0.4, 0.5) is 0 Å². The molecule has 1 amide bonds. The Morgan fingerprint density at radius 2 is 2.03 bits per heavy atom. The zero-order chi connectivity index (χ0) is 22.4. The Balaban J connectivity index is 1.92. The first-order valence-electron chi connectivity index (χ1n) is 11.2. The summed E-state index contributed by atoms with van der Waals surface area (Å²) in [6.07, 6.45) is 2.33. The molecule has 170 valence electrons. The zero-order valence-electron chi connectivity index (χ0n) is 18.8. The molecular formula is C24H35N3O4. The lowest BCUT2D eigenvalue weighted by Crippen LogP contribution is -2.53. The zero-order valence-corrected chi connectivity index (χ0v) is 18.8. The number of piperidine rings is 1. The third-order valence-electron chi connectivity index (χ3n) is 5.95. The molecule has 2 heterocycles. The lowest BCUT2D eigenvalue weighted by Gasteiger charge is -2.38. The lowest BCUT2D eigenvalue weighted by molar-refractivity contribution is -0.142. The van der Waals surface area contributed by atoms with Crippen LogP contribution in [0.5, 0.6) is 0 Å². The number of unbranched alkanes of at least 4 members (excludes halogenated alkanes) is 1. The average Bonchev–Trinajstić information content (AvgIpc) is 3.13. The van der Waals surface area contributed by atoms with E-state index in [1.165, 1.54) is 0 Å². The molecule has 1 unspecified atom stereocenters. The van der Waals surface area contributed by atoms with Gasteiger partial charge in [-0.15, -0.1) is 0 Å². The number of benzene rings is 1. The van der Waals surface area contributed by atoms with Gasteiger partial charge in [0.25, 0.3) is 5.91 Å². The molecule has 2 atom stereocenters. The predicted octanol–water partition coefficient (Wildman–Crippen LogP) is 3.23. The fourth-order valence-corrected chi connectivity index (χ4v) is 4.43. The molecule has 0 spiro atoms. The number of amides is 1. The van der Waals surface area contributed by atoms with Crippen LogP contribution in [0.15, 0.2) is 30.3 Å². The monoisotopic (exact) mass is 429 g/mol. The van der Waals surface area contributed by atoms with Gasteiger partial charge < -0.3 is 24.6 Å². The molecular weight excluding hydrogens is 394 g/mol. The highest BCUT2D eigenvalue weighted by Crippen LogP contribution is 2.25. The summed E-state index contributed by atoms with van der Waals surface area (Å²) in [6.45, 7) is 7.30. The molecule has 1 aliphatic heterocycles. The maximum atomic E-state index is 13.8. The van der Waals surface area contributed by atoms with Crippen molar-refractivity contribution in [1.82, 2.24) is 14.8 Å². The van der Waals surface area contributed by atoms with E-state index in [2.05, 4.69) is 29.8 Å². The Morgan fingerprint density at radius 3 is 2.74 bits per heavy atom. The predicted molar refractivity (Wildman–Crippen MR) is 121 cm³/mol. The standard InChI is InChI=1S/C24H35N3O4/c1-17(2)16-27(20-12-19(24(29)30)14-25-15-20)23(28)22-13-18-8-4-5-9-21(18)26(22)10-6-7-11-31-3/h4-5,8-9,13,17,19-20,25H,6-7,10-12,14-16H2,1-3H3,(H,29,30)/t19?,20-/m0/s1. The topological polar surface area (TPSA) is 83.8 Å². The van der Waals surface area contributed by atoms with E-state index in [-0.39, 0.29) is 17.9 Å². The molecule has 31 heavy (non-hydrogen) atoms. The average molecular weight is 430 g/mol. The molecule has 7 nitrogen and oxygen atoms in total. The summed E-state index contributed by atoms with van der Waals surface area (Å²) in [5, 5.41) is 13.8. The van der Waals surface area contributed by atoms with Gasteiger partial charge in [-0.25, -0.2) is 0 Å². The molecule has 3 rings (SSSR count). The van der Waals surface area contributed by atoms with Crippen molar-refractivity contribution in [2.75, 3.05) is 33.4 Å². The quantitative estimate of drug-likeness (QED) is 0.567. The van der Waals surface area contributed by atoms with Crippen LogP contribution in [-0.2, 0) is 16.1 Å². The molecule has 0 aliphatic carbocycles. The third-order valence-corrected chi connectivity index (χ3v) is 5.95. The number of fused-ring (bicyclic) bond motifs is 1. The number of aromatic nitrogens is 1. The van der Waals surface area contributed by atoms with Crippen LogP contribution in [0.2, 0.25) is 0 Å². The summed E-state index contributed by atoms with van der Waals surface area (Å²) >= 11 is 0. The van der Waals surface area contributed by atoms with E-state index in [4.69, 9.17) is 4.74 Å². The van der Waals surface area contributed by atoms with E-state index in [9.17, 15) is 14.7 Å². The number of carbonyl (C=O) groups excluding carboxylic acids is 1. The fraction of sp³-hybridized carbons (Fsp3) is 0.583. The Bertz CT molecular complexity index is 892. The highest BCUT2D eigenvalue weighted by molar-refractivity contribution is 5.99. The minimum absolute atomic E-state index is 0.0190. The van der Waals surface area contributed by atoms with Crippen LogP contribution < -0.4 is 5.32 Å². The molecule has 0 bridgehead atoms. The largest absolute Gasteiger partial charge is 0.481 e. The number of para-hydroxylation sites is 1. The van der Waals surface area contributed by atoms with Gasteiger partial charge in [0.2, 0.25) is 0 Å². The summed E-state index contributed by atoms with van der Waals surface area (Å²) in [7, 11) is 1.70. The summed E-state index contributed by atoms with van der Waals surface area (Å²) in [5.74, 6) is -1.01. The molecule has 2 aromatic rings.